The van der Waals surface area contributed by atoms with Crippen LogP contribution < -0.4 is 17.0 Å². The molecule has 12 nitrogen and oxygen atoms in total. The van der Waals surface area contributed by atoms with Gasteiger partial charge in [0.15, 0.2) is 17.4 Å². The van der Waals surface area contributed by atoms with Crippen LogP contribution >= 0.6 is 0 Å². The van der Waals surface area contributed by atoms with E-state index in [1.807, 2.05) is 0 Å². The van der Waals surface area contributed by atoms with Crippen LogP contribution in [0.25, 0.3) is 11.2 Å². The van der Waals surface area contributed by atoms with Gasteiger partial charge in [0, 0.05) is 0 Å². The van der Waals surface area contributed by atoms with E-state index in [2.05, 4.69) is 15.0 Å². The number of imidazole rings is 1. The lowest BCUT2D eigenvalue weighted by molar-refractivity contribution is -0.0524. The van der Waals surface area contributed by atoms with Crippen LogP contribution in [0.3, 0.4) is 0 Å². The summed E-state index contributed by atoms with van der Waals surface area (Å²) in [4.78, 5) is 32.0. The second-order valence-corrected chi connectivity index (χ2v) is 4.68. The van der Waals surface area contributed by atoms with Crippen LogP contribution in [0.2, 0.25) is 0 Å². The number of aliphatic hydroxyl groups is 3. The third kappa shape index (κ3) is 2.18. The minimum Gasteiger partial charge on any atom is -0.412 e. The molecule has 2 aromatic rings. The Morgan fingerprint density at radius 1 is 1.27 bits per heavy atom. The van der Waals surface area contributed by atoms with Gasteiger partial charge >= 0.3 is 5.69 Å². The molecule has 0 unspecified atom stereocenters. The van der Waals surface area contributed by atoms with Crippen molar-refractivity contribution in [3.8, 4) is 0 Å². The van der Waals surface area contributed by atoms with Crippen molar-refractivity contribution in [2.75, 3.05) is 12.3 Å². The lowest BCUT2D eigenvalue weighted by atomic mass is 10.1. The minimum absolute atomic E-state index is 0. The molecule has 0 spiro atoms. The van der Waals surface area contributed by atoms with E-state index in [1.165, 1.54) is 0 Å². The number of nitrogens with one attached hydrogen (secondary N) is 2. The maximum absolute atomic E-state index is 12.0. The van der Waals surface area contributed by atoms with Gasteiger partial charge in [0.1, 0.15) is 18.3 Å². The molecule has 0 amide bonds. The van der Waals surface area contributed by atoms with Gasteiger partial charge in [0.05, 0.1) is 6.61 Å². The summed E-state index contributed by atoms with van der Waals surface area (Å²) in [5.41, 5.74) is 3.77. The van der Waals surface area contributed by atoms with Crippen LogP contribution in [0, 0.1) is 0 Å². The molecule has 1 saturated heterocycles. The molecule has 0 aromatic carbocycles. The highest BCUT2D eigenvalue weighted by Gasteiger charge is 2.44. The molecule has 0 radical (unpaired) electrons. The maximum atomic E-state index is 12.0. The number of anilines is 1. The SMILES string of the molecule is Nc1nc2c([nH]c(=O)n2[C@@H]2O[C@H](CO)[C@@H](O)[C@H]2O)c(=O)[nH]1.O. The lowest BCUT2D eigenvalue weighted by Gasteiger charge is -2.15. The van der Waals surface area contributed by atoms with Crippen LogP contribution in [0.1, 0.15) is 6.23 Å². The number of aromatic amines is 2. The van der Waals surface area contributed by atoms with Crippen molar-refractivity contribution in [3.05, 3.63) is 20.8 Å². The normalized spacial score (nSPS) is 28.0. The van der Waals surface area contributed by atoms with Gasteiger partial charge in [-0.3, -0.25) is 14.8 Å². The second kappa shape index (κ2) is 5.51. The van der Waals surface area contributed by atoms with E-state index in [1.54, 1.807) is 0 Å². The Balaban J connectivity index is 0.00000176. The Morgan fingerprint density at radius 3 is 2.55 bits per heavy atom. The van der Waals surface area contributed by atoms with Gasteiger partial charge in [-0.15, -0.1) is 0 Å². The van der Waals surface area contributed by atoms with Gasteiger partial charge in [-0.2, -0.15) is 4.98 Å². The molecule has 3 rings (SSSR count). The summed E-state index contributed by atoms with van der Waals surface area (Å²) in [7, 11) is 0. The first-order chi connectivity index (χ1) is 9.93. The minimum atomic E-state index is -1.47. The van der Waals surface area contributed by atoms with Gasteiger partial charge in [0.2, 0.25) is 5.95 Å². The van der Waals surface area contributed by atoms with Crippen LogP contribution in [-0.4, -0.2) is 65.2 Å². The number of rotatable bonds is 2. The molecule has 122 valence electrons. The van der Waals surface area contributed by atoms with Gasteiger partial charge in [-0.05, 0) is 0 Å². The van der Waals surface area contributed by atoms with Crippen molar-refractivity contribution in [2.24, 2.45) is 0 Å². The number of aromatic nitrogens is 4. The summed E-state index contributed by atoms with van der Waals surface area (Å²) in [6.07, 6.45) is -5.20. The van der Waals surface area contributed by atoms with E-state index in [-0.39, 0.29) is 22.6 Å². The molecular formula is C10H15N5O7. The van der Waals surface area contributed by atoms with Crippen LogP contribution in [0.15, 0.2) is 9.59 Å². The number of aliphatic hydroxyl groups excluding tert-OH is 3. The number of ether oxygens (including phenoxy) is 1. The number of nitrogens with zero attached hydrogens (tertiary/aromatic N) is 2. The Labute approximate surface area is 121 Å². The van der Waals surface area contributed by atoms with Crippen molar-refractivity contribution in [1.29, 1.82) is 0 Å². The molecule has 0 aliphatic carbocycles. The molecule has 4 atom stereocenters. The Bertz CT molecular complexity index is 795. The summed E-state index contributed by atoms with van der Waals surface area (Å²) in [5, 5.41) is 28.7. The third-order valence-corrected chi connectivity index (χ3v) is 3.37. The quantitative estimate of drug-likeness (QED) is 0.318. The van der Waals surface area contributed by atoms with Gasteiger partial charge in [-0.1, -0.05) is 0 Å². The molecule has 2 aromatic heterocycles. The largest absolute Gasteiger partial charge is 0.412 e. The Hall–Kier alpha value is -2.25. The molecule has 3 heterocycles. The van der Waals surface area contributed by atoms with Gasteiger partial charge < -0.3 is 31.3 Å². The van der Waals surface area contributed by atoms with E-state index in [0.717, 1.165) is 4.57 Å². The van der Waals surface area contributed by atoms with E-state index >= 15 is 0 Å². The van der Waals surface area contributed by atoms with E-state index in [0.29, 0.717) is 0 Å². The average molecular weight is 317 g/mol. The number of nitrogens with two attached hydrogens (primary N) is 1. The number of hydrogen-bond donors (Lipinski definition) is 6. The zero-order valence-electron chi connectivity index (χ0n) is 11.1. The highest BCUT2D eigenvalue weighted by molar-refractivity contribution is 5.70. The highest BCUT2D eigenvalue weighted by atomic mass is 16.6. The number of nitrogen functional groups attached to an aromatic ring is 1. The summed E-state index contributed by atoms with van der Waals surface area (Å²) in [6.45, 7) is -0.540. The topological polar surface area (TPSA) is 211 Å². The van der Waals surface area contributed by atoms with E-state index in [9.17, 15) is 19.8 Å². The summed E-state index contributed by atoms with van der Waals surface area (Å²) in [5.74, 6) is -0.216. The molecule has 1 fully saturated rings. The Morgan fingerprint density at radius 2 is 1.95 bits per heavy atom. The zero-order valence-corrected chi connectivity index (χ0v) is 11.1. The molecule has 9 N–H and O–H groups in total. The van der Waals surface area contributed by atoms with E-state index in [4.69, 9.17) is 15.6 Å². The molecule has 22 heavy (non-hydrogen) atoms. The first-order valence-corrected chi connectivity index (χ1v) is 6.06. The predicted molar refractivity (Wildman–Crippen MR) is 72.0 cm³/mol. The van der Waals surface area contributed by atoms with Gasteiger partial charge in [0.25, 0.3) is 5.56 Å². The standard InChI is InChI=1S/C10H13N5O6.H2O/c11-9-13-6-3(7(19)14-9)12-10(20)15(6)8-5(18)4(17)2(1-16)21-8;/h2,4-5,8,16-18H,1H2,(H,12,20)(H3,11,13,14,19);1H2/t2-,4-,5-,8-;/m1./s1. The van der Waals surface area contributed by atoms with Crippen molar-refractivity contribution in [2.45, 2.75) is 24.5 Å². The van der Waals surface area contributed by atoms with E-state index < -0.39 is 42.4 Å². The van der Waals surface area contributed by atoms with Crippen LogP contribution in [-0.2, 0) is 4.74 Å². The van der Waals surface area contributed by atoms with Crippen LogP contribution in [0.5, 0.6) is 0 Å². The molecule has 12 heteroatoms. The molecular weight excluding hydrogens is 302 g/mol. The van der Waals surface area contributed by atoms with Crippen molar-refractivity contribution in [3.63, 3.8) is 0 Å². The fourth-order valence-corrected chi connectivity index (χ4v) is 2.36. The smallest absolute Gasteiger partial charge is 0.330 e. The summed E-state index contributed by atoms with van der Waals surface area (Å²) >= 11 is 0. The fraction of sp³-hybridized carbons (Fsp3) is 0.500. The monoisotopic (exact) mass is 317 g/mol. The predicted octanol–water partition coefficient (Wildman–Crippen LogP) is -4.22. The number of fused-ring (bicyclic) bond motifs is 1. The second-order valence-electron chi connectivity index (χ2n) is 4.68. The highest BCUT2D eigenvalue weighted by Crippen LogP contribution is 2.29. The maximum Gasteiger partial charge on any atom is 0.330 e. The van der Waals surface area contributed by atoms with Crippen molar-refractivity contribution < 1.29 is 25.5 Å². The van der Waals surface area contributed by atoms with Gasteiger partial charge in [-0.25, -0.2) is 9.36 Å². The molecule has 1 aliphatic heterocycles. The third-order valence-electron chi connectivity index (χ3n) is 3.37. The fourth-order valence-electron chi connectivity index (χ4n) is 2.36. The summed E-state index contributed by atoms with van der Waals surface area (Å²) < 4.78 is 6.13. The molecule has 0 bridgehead atoms. The van der Waals surface area contributed by atoms with Crippen LogP contribution in [0.4, 0.5) is 5.95 Å². The summed E-state index contributed by atoms with van der Waals surface area (Å²) in [6, 6.07) is 0. The number of hydrogen-bond acceptors (Lipinski definition) is 8. The Kier molecular flexibility index (Phi) is 4.04. The number of H-pyrrole nitrogens is 2. The molecule has 1 aliphatic rings. The average Bonchev–Trinajstić information content (AvgIpc) is 2.89. The van der Waals surface area contributed by atoms with Crippen molar-refractivity contribution >= 4 is 17.1 Å². The first-order valence-electron chi connectivity index (χ1n) is 6.06. The lowest BCUT2D eigenvalue weighted by Crippen LogP contribution is -2.35. The van der Waals surface area contributed by atoms with Crippen molar-refractivity contribution in [1.82, 2.24) is 19.5 Å². The molecule has 0 saturated carbocycles. The first kappa shape index (κ1) is 16.1. The zero-order chi connectivity index (χ0) is 15.3.